The van der Waals surface area contributed by atoms with Crippen LogP contribution < -0.4 is 4.72 Å². The first-order chi connectivity index (χ1) is 11.0. The van der Waals surface area contributed by atoms with Crippen LogP contribution in [0.3, 0.4) is 0 Å². The first-order valence-corrected chi connectivity index (χ1v) is 9.44. The van der Waals surface area contributed by atoms with Crippen LogP contribution in [0.25, 0.3) is 0 Å². The molecule has 0 unspecified atom stereocenters. The highest BCUT2D eigenvalue weighted by Crippen LogP contribution is 2.48. The Kier molecular flexibility index (Phi) is 4.29. The van der Waals surface area contributed by atoms with E-state index in [1.807, 2.05) is 4.90 Å². The number of nitrogens with one attached hydrogen (secondary N) is 1. The van der Waals surface area contributed by atoms with E-state index >= 15 is 0 Å². The number of sulfonamides is 1. The van der Waals surface area contributed by atoms with Gasteiger partial charge in [0.1, 0.15) is 0 Å². The summed E-state index contributed by atoms with van der Waals surface area (Å²) < 4.78 is 26.4. The Hall–Kier alpha value is -1.66. The Bertz CT molecular complexity index is 706. The van der Waals surface area contributed by atoms with Gasteiger partial charge in [0, 0.05) is 25.2 Å². The molecule has 2 aliphatic rings. The zero-order valence-electron chi connectivity index (χ0n) is 13.1. The number of benzene rings is 1. The second kappa shape index (κ2) is 6.09. The fraction of sp³-hybridized carbons (Fsp3) is 0.471. The molecule has 124 valence electrons. The molecule has 1 aromatic carbocycles. The molecule has 1 spiro atoms. The van der Waals surface area contributed by atoms with Crippen LogP contribution in [0, 0.1) is 5.41 Å². The molecule has 3 rings (SSSR count). The number of rotatable bonds is 5. The van der Waals surface area contributed by atoms with E-state index in [-0.39, 0.29) is 17.3 Å². The third-order valence-corrected chi connectivity index (χ3v) is 6.41. The van der Waals surface area contributed by atoms with Gasteiger partial charge in [-0.05, 0) is 48.9 Å². The zero-order chi connectivity index (χ0) is 16.5. The maximum atomic E-state index is 12.6. The summed E-state index contributed by atoms with van der Waals surface area (Å²) in [4.78, 5) is 14.6. The highest BCUT2D eigenvalue weighted by Gasteiger charge is 2.44. The van der Waals surface area contributed by atoms with Crippen molar-refractivity contribution in [2.45, 2.75) is 30.6 Å². The molecule has 1 amide bonds. The van der Waals surface area contributed by atoms with Crippen molar-refractivity contribution in [3.8, 4) is 0 Å². The van der Waals surface area contributed by atoms with Crippen molar-refractivity contribution in [2.24, 2.45) is 5.41 Å². The molecule has 0 atom stereocenters. The van der Waals surface area contributed by atoms with E-state index in [0.29, 0.717) is 11.0 Å². The molecule has 0 radical (unpaired) electrons. The lowest BCUT2D eigenvalue weighted by Gasteiger charge is -2.37. The van der Waals surface area contributed by atoms with Gasteiger partial charge in [0.15, 0.2) is 0 Å². The summed E-state index contributed by atoms with van der Waals surface area (Å²) in [6.45, 7) is 5.31. The monoisotopic (exact) mass is 334 g/mol. The summed E-state index contributed by atoms with van der Waals surface area (Å²) in [5.41, 5.74) is 0.914. The topological polar surface area (TPSA) is 66.5 Å². The summed E-state index contributed by atoms with van der Waals surface area (Å²) in [5, 5.41) is 0. The van der Waals surface area contributed by atoms with Crippen molar-refractivity contribution in [1.29, 1.82) is 0 Å². The molecule has 1 saturated heterocycles. The van der Waals surface area contributed by atoms with Crippen LogP contribution in [0.2, 0.25) is 0 Å². The van der Waals surface area contributed by atoms with Crippen LogP contribution in [-0.4, -0.2) is 38.9 Å². The smallest absolute Gasteiger partial charge is 0.253 e. The third-order valence-electron chi connectivity index (χ3n) is 4.97. The number of hydrogen-bond donors (Lipinski definition) is 1. The van der Waals surface area contributed by atoms with Gasteiger partial charge in [-0.15, -0.1) is 6.58 Å². The summed E-state index contributed by atoms with van der Waals surface area (Å²) in [5.74, 6) is -0.00299. The summed E-state index contributed by atoms with van der Waals surface area (Å²) in [6.07, 6.45) is 6.30. The fourth-order valence-electron chi connectivity index (χ4n) is 3.40. The highest BCUT2D eigenvalue weighted by molar-refractivity contribution is 7.89. The van der Waals surface area contributed by atoms with E-state index in [2.05, 4.69) is 11.3 Å². The maximum Gasteiger partial charge on any atom is 0.253 e. The number of amides is 1. The molecule has 5 nitrogen and oxygen atoms in total. The third kappa shape index (κ3) is 3.19. The maximum absolute atomic E-state index is 12.6. The van der Waals surface area contributed by atoms with E-state index in [9.17, 15) is 13.2 Å². The number of hydrogen-bond acceptors (Lipinski definition) is 3. The van der Waals surface area contributed by atoms with Crippen molar-refractivity contribution < 1.29 is 13.2 Å². The molecule has 1 aromatic rings. The van der Waals surface area contributed by atoms with Gasteiger partial charge in [-0.2, -0.15) is 0 Å². The average molecular weight is 334 g/mol. The molecule has 1 aliphatic heterocycles. The Labute approximate surface area is 137 Å². The zero-order valence-corrected chi connectivity index (χ0v) is 13.9. The van der Waals surface area contributed by atoms with Gasteiger partial charge < -0.3 is 4.90 Å². The second-order valence-corrected chi connectivity index (χ2v) is 8.26. The predicted molar refractivity (Wildman–Crippen MR) is 88.6 cm³/mol. The molecule has 1 N–H and O–H groups in total. The molecule has 23 heavy (non-hydrogen) atoms. The van der Waals surface area contributed by atoms with Crippen molar-refractivity contribution in [3.05, 3.63) is 42.5 Å². The van der Waals surface area contributed by atoms with Crippen molar-refractivity contribution in [2.75, 3.05) is 19.6 Å². The summed E-state index contributed by atoms with van der Waals surface area (Å²) in [7, 11) is -3.54. The van der Waals surface area contributed by atoms with Crippen molar-refractivity contribution >= 4 is 15.9 Å². The van der Waals surface area contributed by atoms with Crippen molar-refractivity contribution in [1.82, 2.24) is 9.62 Å². The number of likely N-dealkylation sites (tertiary alicyclic amines) is 1. The van der Waals surface area contributed by atoms with E-state index < -0.39 is 10.0 Å². The second-order valence-electron chi connectivity index (χ2n) is 6.50. The Balaban J connectivity index is 1.69. The minimum absolute atomic E-state index is 0.00299. The standard InChI is InChI=1S/C17H22N2O3S/c1-2-11-18-23(21,22)15-6-4-14(5-7-15)16(20)19-12-10-17(13-19)8-3-9-17/h2,4-7,18H,1,3,8-13H2. The lowest BCUT2D eigenvalue weighted by atomic mass is 9.68. The predicted octanol–water partition coefficient (Wildman–Crippen LogP) is 2.17. The molecule has 1 aliphatic carbocycles. The lowest BCUT2D eigenvalue weighted by Crippen LogP contribution is -2.35. The van der Waals surface area contributed by atoms with Crippen LogP contribution in [0.15, 0.2) is 41.8 Å². The minimum atomic E-state index is -3.54. The van der Waals surface area contributed by atoms with E-state index in [1.165, 1.54) is 37.5 Å². The van der Waals surface area contributed by atoms with Crippen LogP contribution in [0.4, 0.5) is 0 Å². The van der Waals surface area contributed by atoms with E-state index in [0.717, 1.165) is 19.5 Å². The first-order valence-electron chi connectivity index (χ1n) is 7.96. The molecular formula is C17H22N2O3S. The van der Waals surface area contributed by atoms with Gasteiger partial charge in [0.25, 0.3) is 5.91 Å². The number of carbonyl (C=O) groups excluding carboxylic acids is 1. The summed E-state index contributed by atoms with van der Waals surface area (Å²) >= 11 is 0. The normalized spacial score (nSPS) is 19.6. The van der Waals surface area contributed by atoms with Crippen LogP contribution in [0.5, 0.6) is 0 Å². The lowest BCUT2D eigenvalue weighted by molar-refractivity contribution is 0.0732. The van der Waals surface area contributed by atoms with E-state index in [4.69, 9.17) is 0 Å². The molecule has 1 saturated carbocycles. The van der Waals surface area contributed by atoms with Gasteiger partial charge in [0.05, 0.1) is 4.90 Å². The van der Waals surface area contributed by atoms with Crippen LogP contribution in [-0.2, 0) is 10.0 Å². The van der Waals surface area contributed by atoms with Gasteiger partial charge in [-0.1, -0.05) is 12.5 Å². The van der Waals surface area contributed by atoms with Crippen molar-refractivity contribution in [3.63, 3.8) is 0 Å². The Morgan fingerprint density at radius 1 is 1.26 bits per heavy atom. The van der Waals surface area contributed by atoms with E-state index in [1.54, 1.807) is 12.1 Å². The fourth-order valence-corrected chi connectivity index (χ4v) is 4.40. The number of carbonyl (C=O) groups is 1. The molecular weight excluding hydrogens is 312 g/mol. The average Bonchev–Trinajstić information content (AvgIpc) is 2.98. The molecule has 6 heteroatoms. The molecule has 2 fully saturated rings. The minimum Gasteiger partial charge on any atom is -0.338 e. The Morgan fingerprint density at radius 2 is 1.96 bits per heavy atom. The first kappa shape index (κ1) is 16.2. The quantitative estimate of drug-likeness (QED) is 0.839. The molecule has 0 bridgehead atoms. The van der Waals surface area contributed by atoms with Gasteiger partial charge in [0.2, 0.25) is 10.0 Å². The molecule has 1 heterocycles. The van der Waals surface area contributed by atoms with Crippen LogP contribution in [0.1, 0.15) is 36.0 Å². The largest absolute Gasteiger partial charge is 0.338 e. The SMILES string of the molecule is C=CCNS(=O)(=O)c1ccc(C(=O)N2CCC3(CCC3)C2)cc1. The Morgan fingerprint density at radius 3 is 2.48 bits per heavy atom. The summed E-state index contributed by atoms with van der Waals surface area (Å²) in [6, 6.07) is 6.15. The van der Waals surface area contributed by atoms with Gasteiger partial charge in [-0.3, -0.25) is 4.79 Å². The van der Waals surface area contributed by atoms with Gasteiger partial charge >= 0.3 is 0 Å². The molecule has 0 aromatic heterocycles. The number of nitrogens with zero attached hydrogens (tertiary/aromatic N) is 1. The van der Waals surface area contributed by atoms with Gasteiger partial charge in [-0.25, -0.2) is 13.1 Å². The van der Waals surface area contributed by atoms with Crippen LogP contribution >= 0.6 is 0 Å². The highest BCUT2D eigenvalue weighted by atomic mass is 32.2.